The highest BCUT2D eigenvalue weighted by atomic mass is 16.6. The first kappa shape index (κ1) is 14.4. The predicted molar refractivity (Wildman–Crippen MR) is 88.0 cm³/mol. The highest BCUT2D eigenvalue weighted by molar-refractivity contribution is 5.69. The number of carbonyl (C=O) groups is 1. The van der Waals surface area contributed by atoms with Crippen LogP contribution in [0.5, 0.6) is 0 Å². The number of ether oxygens (including phenoxy) is 1. The van der Waals surface area contributed by atoms with Crippen LogP contribution >= 0.6 is 0 Å². The SMILES string of the molecule is Cc1cccc(-c2ccc(NCCN3CCOC3=O)cc2)c1. The molecule has 1 aliphatic heterocycles. The zero-order chi connectivity index (χ0) is 15.4. The van der Waals surface area contributed by atoms with E-state index in [1.165, 1.54) is 16.7 Å². The molecular formula is C18H20N2O2. The lowest BCUT2D eigenvalue weighted by atomic mass is 10.0. The standard InChI is InChI=1S/C18H20N2O2/c1-14-3-2-4-16(13-14)15-5-7-17(8-6-15)19-9-10-20-11-12-22-18(20)21/h2-8,13,19H,9-12H2,1H3. The number of aryl methyl sites for hydroxylation is 1. The van der Waals surface area contributed by atoms with Gasteiger partial charge in [0.2, 0.25) is 0 Å². The van der Waals surface area contributed by atoms with E-state index in [4.69, 9.17) is 4.74 Å². The summed E-state index contributed by atoms with van der Waals surface area (Å²) in [7, 11) is 0. The minimum absolute atomic E-state index is 0.211. The Hall–Kier alpha value is -2.49. The molecule has 4 nitrogen and oxygen atoms in total. The van der Waals surface area contributed by atoms with Crippen molar-refractivity contribution in [3.8, 4) is 11.1 Å². The van der Waals surface area contributed by atoms with E-state index in [2.05, 4.69) is 60.8 Å². The number of nitrogens with zero attached hydrogens (tertiary/aromatic N) is 1. The smallest absolute Gasteiger partial charge is 0.409 e. The number of benzene rings is 2. The van der Waals surface area contributed by atoms with Crippen LogP contribution in [0, 0.1) is 6.92 Å². The number of cyclic esters (lactones) is 1. The summed E-state index contributed by atoms with van der Waals surface area (Å²) in [5.41, 5.74) is 4.75. The van der Waals surface area contributed by atoms with Gasteiger partial charge in [0.05, 0.1) is 6.54 Å². The maximum Gasteiger partial charge on any atom is 0.409 e. The third-order valence-electron chi connectivity index (χ3n) is 3.79. The van der Waals surface area contributed by atoms with Crippen molar-refractivity contribution in [2.45, 2.75) is 6.92 Å². The average molecular weight is 296 g/mol. The second kappa shape index (κ2) is 6.52. The molecule has 0 unspecified atom stereocenters. The van der Waals surface area contributed by atoms with Crippen molar-refractivity contribution in [3.63, 3.8) is 0 Å². The van der Waals surface area contributed by atoms with Gasteiger partial charge in [-0.2, -0.15) is 0 Å². The minimum atomic E-state index is -0.211. The van der Waals surface area contributed by atoms with Gasteiger partial charge in [0.25, 0.3) is 0 Å². The van der Waals surface area contributed by atoms with E-state index in [9.17, 15) is 4.79 Å². The summed E-state index contributed by atoms with van der Waals surface area (Å²) in [6, 6.07) is 16.8. The van der Waals surface area contributed by atoms with E-state index in [0.29, 0.717) is 19.7 Å². The summed E-state index contributed by atoms with van der Waals surface area (Å²) >= 11 is 0. The van der Waals surface area contributed by atoms with E-state index < -0.39 is 0 Å². The first-order chi connectivity index (χ1) is 10.7. The van der Waals surface area contributed by atoms with Gasteiger partial charge in [0, 0.05) is 18.8 Å². The van der Waals surface area contributed by atoms with Gasteiger partial charge in [-0.15, -0.1) is 0 Å². The molecule has 0 aromatic heterocycles. The molecule has 0 bridgehead atoms. The number of nitrogens with one attached hydrogen (secondary N) is 1. The van der Waals surface area contributed by atoms with Gasteiger partial charge in [0.15, 0.2) is 0 Å². The number of hydrogen-bond donors (Lipinski definition) is 1. The van der Waals surface area contributed by atoms with Gasteiger partial charge in [-0.3, -0.25) is 0 Å². The first-order valence-corrected chi connectivity index (χ1v) is 7.55. The Labute approximate surface area is 130 Å². The van der Waals surface area contributed by atoms with Crippen molar-refractivity contribution < 1.29 is 9.53 Å². The van der Waals surface area contributed by atoms with Crippen LogP contribution in [0.1, 0.15) is 5.56 Å². The summed E-state index contributed by atoms with van der Waals surface area (Å²) in [6.07, 6.45) is -0.211. The van der Waals surface area contributed by atoms with Crippen molar-refractivity contribution >= 4 is 11.8 Å². The predicted octanol–water partition coefficient (Wildman–Crippen LogP) is 3.53. The van der Waals surface area contributed by atoms with Crippen LogP contribution in [0.25, 0.3) is 11.1 Å². The minimum Gasteiger partial charge on any atom is -0.448 e. The lowest BCUT2D eigenvalue weighted by Crippen LogP contribution is -2.29. The molecule has 1 N–H and O–H groups in total. The zero-order valence-corrected chi connectivity index (χ0v) is 12.7. The van der Waals surface area contributed by atoms with E-state index >= 15 is 0 Å². The first-order valence-electron chi connectivity index (χ1n) is 7.55. The summed E-state index contributed by atoms with van der Waals surface area (Å²) in [5.74, 6) is 0. The Morgan fingerprint density at radius 1 is 1.14 bits per heavy atom. The van der Waals surface area contributed by atoms with Gasteiger partial charge < -0.3 is 15.0 Å². The Morgan fingerprint density at radius 3 is 2.64 bits per heavy atom. The number of amides is 1. The average Bonchev–Trinajstić information content (AvgIpc) is 2.93. The largest absolute Gasteiger partial charge is 0.448 e. The Balaban J connectivity index is 1.56. The second-order valence-electron chi connectivity index (χ2n) is 5.48. The van der Waals surface area contributed by atoms with Crippen LogP contribution < -0.4 is 5.32 Å². The molecule has 0 atom stereocenters. The van der Waals surface area contributed by atoms with Crippen molar-refractivity contribution in [1.29, 1.82) is 0 Å². The van der Waals surface area contributed by atoms with Crippen molar-refractivity contribution in [2.75, 3.05) is 31.6 Å². The Morgan fingerprint density at radius 2 is 1.95 bits per heavy atom. The molecule has 0 radical (unpaired) electrons. The van der Waals surface area contributed by atoms with E-state index in [0.717, 1.165) is 12.2 Å². The molecule has 2 aromatic carbocycles. The third-order valence-corrected chi connectivity index (χ3v) is 3.79. The molecule has 3 rings (SSSR count). The molecule has 2 aromatic rings. The normalized spacial score (nSPS) is 14.0. The van der Waals surface area contributed by atoms with Crippen LogP contribution in [-0.4, -0.2) is 37.2 Å². The monoisotopic (exact) mass is 296 g/mol. The topological polar surface area (TPSA) is 41.6 Å². The number of rotatable bonds is 5. The van der Waals surface area contributed by atoms with Crippen LogP contribution in [-0.2, 0) is 4.74 Å². The summed E-state index contributed by atoms with van der Waals surface area (Å²) in [6.45, 7) is 4.68. The lowest BCUT2D eigenvalue weighted by Gasteiger charge is -2.13. The molecule has 114 valence electrons. The van der Waals surface area contributed by atoms with E-state index in [1.54, 1.807) is 4.90 Å². The number of carbonyl (C=O) groups excluding carboxylic acids is 1. The van der Waals surface area contributed by atoms with Gasteiger partial charge in [-0.25, -0.2) is 4.79 Å². The fourth-order valence-corrected chi connectivity index (χ4v) is 2.57. The fourth-order valence-electron chi connectivity index (χ4n) is 2.57. The molecule has 0 spiro atoms. The van der Waals surface area contributed by atoms with E-state index in [1.807, 2.05) is 0 Å². The van der Waals surface area contributed by atoms with Gasteiger partial charge in [0.1, 0.15) is 6.61 Å². The summed E-state index contributed by atoms with van der Waals surface area (Å²) < 4.78 is 4.90. The van der Waals surface area contributed by atoms with Crippen molar-refractivity contribution in [1.82, 2.24) is 4.90 Å². The van der Waals surface area contributed by atoms with E-state index in [-0.39, 0.29) is 6.09 Å². The molecule has 1 aliphatic rings. The van der Waals surface area contributed by atoms with Crippen LogP contribution in [0.2, 0.25) is 0 Å². The zero-order valence-electron chi connectivity index (χ0n) is 12.7. The van der Waals surface area contributed by atoms with Crippen LogP contribution in [0.3, 0.4) is 0 Å². The van der Waals surface area contributed by atoms with Gasteiger partial charge >= 0.3 is 6.09 Å². The fraction of sp³-hybridized carbons (Fsp3) is 0.278. The molecule has 0 aliphatic carbocycles. The number of hydrogen-bond acceptors (Lipinski definition) is 3. The maximum atomic E-state index is 11.3. The summed E-state index contributed by atoms with van der Waals surface area (Å²) in [5, 5.41) is 3.33. The summed E-state index contributed by atoms with van der Waals surface area (Å²) in [4.78, 5) is 13.0. The third kappa shape index (κ3) is 3.39. The molecule has 0 saturated carbocycles. The lowest BCUT2D eigenvalue weighted by molar-refractivity contribution is 0.159. The maximum absolute atomic E-state index is 11.3. The molecule has 1 saturated heterocycles. The highest BCUT2D eigenvalue weighted by Gasteiger charge is 2.20. The molecule has 1 amide bonds. The van der Waals surface area contributed by atoms with Crippen molar-refractivity contribution in [3.05, 3.63) is 54.1 Å². The van der Waals surface area contributed by atoms with Gasteiger partial charge in [-0.05, 0) is 30.2 Å². The molecule has 22 heavy (non-hydrogen) atoms. The molecule has 1 fully saturated rings. The van der Waals surface area contributed by atoms with Crippen LogP contribution in [0.15, 0.2) is 48.5 Å². The van der Waals surface area contributed by atoms with Gasteiger partial charge in [-0.1, -0.05) is 42.0 Å². The Bertz CT molecular complexity index is 652. The Kier molecular flexibility index (Phi) is 4.28. The molecule has 1 heterocycles. The highest BCUT2D eigenvalue weighted by Crippen LogP contribution is 2.22. The molecule has 4 heteroatoms. The number of anilines is 1. The van der Waals surface area contributed by atoms with Crippen molar-refractivity contribution in [2.24, 2.45) is 0 Å². The quantitative estimate of drug-likeness (QED) is 0.917. The van der Waals surface area contributed by atoms with Crippen LogP contribution in [0.4, 0.5) is 10.5 Å². The second-order valence-corrected chi connectivity index (χ2v) is 5.48. The molecular weight excluding hydrogens is 276 g/mol.